The van der Waals surface area contributed by atoms with Crippen LogP contribution in [0.3, 0.4) is 0 Å². The lowest BCUT2D eigenvalue weighted by atomic mass is 9.96. The predicted molar refractivity (Wildman–Crippen MR) is 126 cm³/mol. The number of benzene rings is 3. The topological polar surface area (TPSA) is 64.6 Å². The molecule has 0 aromatic heterocycles. The number of alkyl halides is 4. The van der Waals surface area contributed by atoms with Gasteiger partial charge >= 0.3 is 15.5 Å². The summed E-state index contributed by atoms with van der Waals surface area (Å²) < 4.78 is 87.3. The maximum absolute atomic E-state index is 14.2. The number of ether oxygens (including phenoxy) is 2. The summed E-state index contributed by atoms with van der Waals surface area (Å²) in [6.07, 6.45) is 4.92. The van der Waals surface area contributed by atoms with Crippen LogP contribution >= 0.6 is 0 Å². The summed E-state index contributed by atoms with van der Waals surface area (Å²) in [5.41, 5.74) is -3.02. The molecule has 0 bridgehead atoms. The molecule has 0 amide bonds. The molecule has 0 saturated heterocycles. The van der Waals surface area contributed by atoms with Crippen LogP contribution < -0.4 is 9.46 Å². The van der Waals surface area contributed by atoms with Crippen molar-refractivity contribution in [3.8, 4) is 5.75 Å². The van der Waals surface area contributed by atoms with E-state index in [1.165, 1.54) is 36.1 Å². The minimum absolute atomic E-state index is 0.104. The Kier molecular flexibility index (Phi) is 6.61. The number of hydrogen-bond acceptors (Lipinski definition) is 4. The van der Waals surface area contributed by atoms with Gasteiger partial charge in [0.2, 0.25) is 5.85 Å². The highest BCUT2D eigenvalue weighted by Crippen LogP contribution is 2.32. The van der Waals surface area contributed by atoms with Gasteiger partial charge in [-0.05, 0) is 58.5 Å². The lowest BCUT2D eigenvalue weighted by Gasteiger charge is -2.22. The minimum Gasteiger partial charge on any atom is -0.488 e. The Morgan fingerprint density at radius 1 is 1.06 bits per heavy atom. The van der Waals surface area contributed by atoms with Crippen molar-refractivity contribution < 1.29 is 35.5 Å². The molecule has 3 aromatic carbocycles. The molecule has 5 nitrogen and oxygen atoms in total. The molecule has 1 aliphatic carbocycles. The highest BCUT2D eigenvalue weighted by Gasteiger charge is 2.46. The summed E-state index contributed by atoms with van der Waals surface area (Å²) in [6.45, 7) is 0.206. The molecule has 0 aliphatic heterocycles. The van der Waals surface area contributed by atoms with Crippen LogP contribution in [0.4, 0.5) is 23.2 Å². The monoisotopic (exact) mass is 507 g/mol. The molecule has 0 spiro atoms. The molecule has 0 fully saturated rings. The molecule has 1 unspecified atom stereocenters. The fraction of sp³-hybridized carbons (Fsp3) is 0.200. The second-order valence-electron chi connectivity index (χ2n) is 7.92. The van der Waals surface area contributed by atoms with Crippen LogP contribution in [0.25, 0.3) is 16.3 Å². The van der Waals surface area contributed by atoms with Crippen molar-refractivity contribution in [2.75, 3.05) is 11.8 Å². The Labute approximate surface area is 199 Å². The van der Waals surface area contributed by atoms with Gasteiger partial charge in [0, 0.05) is 24.6 Å². The van der Waals surface area contributed by atoms with E-state index in [9.17, 15) is 26.0 Å². The van der Waals surface area contributed by atoms with Gasteiger partial charge < -0.3 is 9.47 Å². The first-order valence-corrected chi connectivity index (χ1v) is 12.0. The number of fused-ring (bicyclic) bond motifs is 1. The standard InChI is InChI=1S/C25H21F4NO4S/c1-33-24(26)12-10-18(11-13-24)19-5-2-4-17(14-19)16-34-23-7-3-6-20-15-21(8-9-22(20)23)30-35(31,32)25(27,28)29/h2-12,14-15,30H,13,16H2,1H3. The number of hydrogen-bond donors (Lipinski definition) is 1. The largest absolute Gasteiger partial charge is 0.516 e. The lowest BCUT2D eigenvalue weighted by molar-refractivity contribution is -0.0764. The van der Waals surface area contributed by atoms with E-state index in [0.717, 1.165) is 16.7 Å². The fourth-order valence-corrected chi connectivity index (χ4v) is 4.18. The maximum atomic E-state index is 14.2. The summed E-state index contributed by atoms with van der Waals surface area (Å²) in [5, 5.41) is 1.11. The summed E-state index contributed by atoms with van der Waals surface area (Å²) in [7, 11) is -4.20. The molecule has 10 heteroatoms. The van der Waals surface area contributed by atoms with Crippen molar-refractivity contribution in [1.82, 2.24) is 0 Å². The summed E-state index contributed by atoms with van der Waals surface area (Å²) in [6, 6.07) is 16.6. The maximum Gasteiger partial charge on any atom is 0.516 e. The van der Waals surface area contributed by atoms with Crippen LogP contribution in [0, 0.1) is 0 Å². The van der Waals surface area contributed by atoms with Crippen LogP contribution in [0.5, 0.6) is 5.75 Å². The molecular weight excluding hydrogens is 486 g/mol. The molecule has 0 saturated carbocycles. The number of allylic oxidation sites excluding steroid dienone is 2. The van der Waals surface area contributed by atoms with Gasteiger partial charge in [0.15, 0.2) is 0 Å². The molecule has 1 atom stereocenters. The van der Waals surface area contributed by atoms with Crippen LogP contribution in [0.15, 0.2) is 78.9 Å². The van der Waals surface area contributed by atoms with Crippen molar-refractivity contribution in [1.29, 1.82) is 0 Å². The average Bonchev–Trinajstić information content (AvgIpc) is 2.82. The van der Waals surface area contributed by atoms with Crippen LogP contribution in [-0.2, 0) is 21.4 Å². The first-order chi connectivity index (χ1) is 16.5. The first kappa shape index (κ1) is 24.7. The SMILES string of the molecule is COC1(F)C=CC(c2cccc(COc3cccc4cc(NS(=O)(=O)C(F)(F)F)ccc34)c2)=CC1. The van der Waals surface area contributed by atoms with Crippen molar-refractivity contribution >= 4 is 32.1 Å². The van der Waals surface area contributed by atoms with Gasteiger partial charge in [-0.25, -0.2) is 4.39 Å². The van der Waals surface area contributed by atoms with E-state index < -0.39 is 21.4 Å². The van der Waals surface area contributed by atoms with Crippen LogP contribution in [0.2, 0.25) is 0 Å². The molecule has 35 heavy (non-hydrogen) atoms. The van der Waals surface area contributed by atoms with Crippen molar-refractivity contribution in [3.63, 3.8) is 0 Å². The smallest absolute Gasteiger partial charge is 0.488 e. The normalized spacial score (nSPS) is 18.4. The first-order valence-electron chi connectivity index (χ1n) is 10.5. The predicted octanol–water partition coefficient (Wildman–Crippen LogP) is 6.34. The molecule has 4 rings (SSSR count). The highest BCUT2D eigenvalue weighted by atomic mass is 32.2. The van der Waals surface area contributed by atoms with E-state index in [1.54, 1.807) is 30.4 Å². The fourth-order valence-electron chi connectivity index (χ4n) is 3.62. The van der Waals surface area contributed by atoms with Gasteiger partial charge in [-0.3, -0.25) is 4.72 Å². The van der Waals surface area contributed by atoms with Crippen molar-refractivity contribution in [2.24, 2.45) is 0 Å². The van der Waals surface area contributed by atoms with Crippen molar-refractivity contribution in [2.45, 2.75) is 24.4 Å². The zero-order valence-electron chi connectivity index (χ0n) is 18.5. The third kappa shape index (κ3) is 5.49. The summed E-state index contributed by atoms with van der Waals surface area (Å²) in [4.78, 5) is 0. The molecule has 1 aliphatic rings. The van der Waals surface area contributed by atoms with E-state index in [-0.39, 0.29) is 18.7 Å². The van der Waals surface area contributed by atoms with Gasteiger partial charge in [0.05, 0.1) is 0 Å². The second-order valence-corrected chi connectivity index (χ2v) is 9.59. The number of nitrogens with one attached hydrogen (secondary N) is 1. The quantitative estimate of drug-likeness (QED) is 0.379. The molecule has 3 aromatic rings. The van der Waals surface area contributed by atoms with Gasteiger partial charge in [-0.2, -0.15) is 21.6 Å². The number of anilines is 1. The Morgan fingerprint density at radius 2 is 1.83 bits per heavy atom. The number of halogens is 4. The Morgan fingerprint density at radius 3 is 2.51 bits per heavy atom. The lowest BCUT2D eigenvalue weighted by Crippen LogP contribution is -2.29. The molecule has 184 valence electrons. The van der Waals surface area contributed by atoms with Crippen LogP contribution in [-0.4, -0.2) is 26.9 Å². The Bertz CT molecular complexity index is 1420. The van der Waals surface area contributed by atoms with Gasteiger partial charge in [-0.1, -0.05) is 42.5 Å². The third-order valence-corrected chi connectivity index (χ3v) is 6.62. The zero-order valence-corrected chi connectivity index (χ0v) is 19.3. The average molecular weight is 508 g/mol. The second kappa shape index (κ2) is 9.35. The van der Waals surface area contributed by atoms with Gasteiger partial charge in [0.1, 0.15) is 12.4 Å². The van der Waals surface area contributed by atoms with Gasteiger partial charge in [-0.15, -0.1) is 0 Å². The Hall–Kier alpha value is -3.37. The van der Waals surface area contributed by atoms with E-state index in [2.05, 4.69) is 0 Å². The molecule has 1 N–H and O–H groups in total. The molecule has 0 heterocycles. The highest BCUT2D eigenvalue weighted by molar-refractivity contribution is 7.93. The summed E-state index contributed by atoms with van der Waals surface area (Å²) >= 11 is 0. The number of rotatable bonds is 7. The van der Waals surface area contributed by atoms with E-state index >= 15 is 0 Å². The molecule has 0 radical (unpaired) electrons. The van der Waals surface area contributed by atoms with E-state index in [0.29, 0.717) is 16.5 Å². The molecular formula is C25H21F4NO4S. The summed E-state index contributed by atoms with van der Waals surface area (Å²) in [5.74, 6) is -1.32. The number of methoxy groups -OCH3 is 1. The Balaban J connectivity index is 1.50. The van der Waals surface area contributed by atoms with E-state index in [4.69, 9.17) is 9.47 Å². The third-order valence-electron chi connectivity index (χ3n) is 5.50. The minimum atomic E-state index is -5.52. The zero-order chi connectivity index (χ0) is 25.3. The van der Waals surface area contributed by atoms with E-state index in [1.807, 2.05) is 24.3 Å². The van der Waals surface area contributed by atoms with Crippen LogP contribution in [0.1, 0.15) is 17.5 Å². The van der Waals surface area contributed by atoms with Gasteiger partial charge in [0.25, 0.3) is 0 Å². The number of sulfonamides is 1. The van der Waals surface area contributed by atoms with Crippen molar-refractivity contribution in [3.05, 3.63) is 90.0 Å².